The van der Waals surface area contributed by atoms with Crippen molar-refractivity contribution in [2.75, 3.05) is 0 Å². The van der Waals surface area contributed by atoms with Crippen LogP contribution >= 0.6 is 11.6 Å². The Morgan fingerprint density at radius 1 is 1.19 bits per heavy atom. The number of amides is 1. The highest BCUT2D eigenvalue weighted by molar-refractivity contribution is 6.17. The van der Waals surface area contributed by atoms with Crippen LogP contribution in [0.25, 0.3) is 0 Å². The van der Waals surface area contributed by atoms with E-state index >= 15 is 0 Å². The van der Waals surface area contributed by atoms with Gasteiger partial charge in [-0.15, -0.1) is 11.6 Å². The second-order valence-corrected chi connectivity index (χ2v) is 5.45. The van der Waals surface area contributed by atoms with E-state index in [1.807, 2.05) is 24.3 Å². The fourth-order valence-corrected chi connectivity index (χ4v) is 2.42. The molecular weight excluding hydrogens is 282 g/mol. The lowest BCUT2D eigenvalue weighted by Gasteiger charge is -2.18. The van der Waals surface area contributed by atoms with Crippen LogP contribution in [0.15, 0.2) is 48.5 Å². The molecule has 1 N–H and O–H groups in total. The summed E-state index contributed by atoms with van der Waals surface area (Å²) in [6.07, 6.45) is 0.851. The maximum absolute atomic E-state index is 12.4. The third-order valence-corrected chi connectivity index (χ3v) is 3.85. The summed E-state index contributed by atoms with van der Waals surface area (Å²) in [6.45, 7) is 4.13. The van der Waals surface area contributed by atoms with Gasteiger partial charge in [0.2, 0.25) is 0 Å². The van der Waals surface area contributed by atoms with Crippen LogP contribution in [-0.4, -0.2) is 5.91 Å². The first kappa shape index (κ1) is 15.6. The molecule has 0 bridgehead atoms. The summed E-state index contributed by atoms with van der Waals surface area (Å²) in [4.78, 5) is 12.4. The first-order chi connectivity index (χ1) is 10.1. The number of alkyl halides is 1. The minimum atomic E-state index is -0.0607. The Labute approximate surface area is 131 Å². The minimum absolute atomic E-state index is 0.0257. The van der Waals surface area contributed by atoms with Crippen LogP contribution in [0.2, 0.25) is 0 Å². The molecule has 1 amide bonds. The lowest BCUT2D eigenvalue weighted by atomic mass is 10.0. The first-order valence-corrected chi connectivity index (χ1v) is 7.69. The van der Waals surface area contributed by atoms with Gasteiger partial charge in [-0.3, -0.25) is 4.79 Å². The minimum Gasteiger partial charge on any atom is -0.345 e. The van der Waals surface area contributed by atoms with Gasteiger partial charge in [0, 0.05) is 11.4 Å². The topological polar surface area (TPSA) is 29.1 Å². The molecule has 1 atom stereocenters. The third kappa shape index (κ3) is 4.08. The molecule has 2 aromatic carbocycles. The van der Waals surface area contributed by atoms with Crippen LogP contribution in [0.4, 0.5) is 0 Å². The molecule has 0 heterocycles. The van der Waals surface area contributed by atoms with E-state index in [1.54, 1.807) is 0 Å². The number of benzene rings is 2. The zero-order valence-electron chi connectivity index (χ0n) is 12.4. The van der Waals surface area contributed by atoms with E-state index in [4.69, 9.17) is 11.6 Å². The smallest absolute Gasteiger partial charge is 0.251 e. The van der Waals surface area contributed by atoms with Crippen molar-refractivity contribution >= 4 is 17.5 Å². The Morgan fingerprint density at radius 2 is 1.90 bits per heavy atom. The quantitative estimate of drug-likeness (QED) is 0.803. The summed E-state index contributed by atoms with van der Waals surface area (Å²) in [5, 5.41) is 3.09. The molecule has 0 saturated heterocycles. The number of rotatable bonds is 5. The molecule has 0 aromatic heterocycles. The van der Waals surface area contributed by atoms with Gasteiger partial charge < -0.3 is 5.32 Å². The van der Waals surface area contributed by atoms with Crippen LogP contribution in [0.3, 0.4) is 0 Å². The van der Waals surface area contributed by atoms with Gasteiger partial charge in [-0.1, -0.05) is 48.9 Å². The van der Waals surface area contributed by atoms with Crippen LogP contribution in [0, 0.1) is 6.92 Å². The summed E-state index contributed by atoms with van der Waals surface area (Å²) in [5.41, 5.74) is 3.95. The van der Waals surface area contributed by atoms with Crippen molar-refractivity contribution in [3.05, 3.63) is 70.8 Å². The molecule has 3 heteroatoms. The fourth-order valence-electron chi connectivity index (χ4n) is 2.26. The summed E-state index contributed by atoms with van der Waals surface area (Å²) < 4.78 is 0. The Kier molecular flexibility index (Phi) is 5.40. The van der Waals surface area contributed by atoms with E-state index < -0.39 is 0 Å². The molecule has 0 fully saturated rings. The number of hydrogen-bond donors (Lipinski definition) is 1. The van der Waals surface area contributed by atoms with Crippen LogP contribution in [0.1, 0.15) is 46.4 Å². The average molecular weight is 302 g/mol. The summed E-state index contributed by atoms with van der Waals surface area (Å²) in [7, 11) is 0. The van der Waals surface area contributed by atoms with E-state index in [2.05, 4.69) is 43.4 Å². The van der Waals surface area contributed by atoms with Crippen molar-refractivity contribution < 1.29 is 4.79 Å². The number of carbonyl (C=O) groups is 1. The van der Waals surface area contributed by atoms with E-state index in [0.29, 0.717) is 11.4 Å². The van der Waals surface area contributed by atoms with E-state index in [1.165, 1.54) is 5.56 Å². The van der Waals surface area contributed by atoms with Gasteiger partial charge in [0.15, 0.2) is 0 Å². The van der Waals surface area contributed by atoms with Crippen LogP contribution in [-0.2, 0) is 5.88 Å². The van der Waals surface area contributed by atoms with Crippen molar-refractivity contribution in [3.8, 4) is 0 Å². The fraction of sp³-hybridized carbons (Fsp3) is 0.278. The predicted octanol–water partition coefficient (Wildman–Crippen LogP) is 4.61. The summed E-state index contributed by atoms with van der Waals surface area (Å²) in [6, 6.07) is 15.7. The van der Waals surface area contributed by atoms with Crippen molar-refractivity contribution in [2.24, 2.45) is 0 Å². The third-order valence-electron chi connectivity index (χ3n) is 3.54. The average Bonchev–Trinajstić information content (AvgIpc) is 2.53. The Bertz CT molecular complexity index is 607. The first-order valence-electron chi connectivity index (χ1n) is 7.16. The molecule has 2 nitrogen and oxygen atoms in total. The van der Waals surface area contributed by atoms with Gasteiger partial charge in [0.05, 0.1) is 6.04 Å². The largest absolute Gasteiger partial charge is 0.345 e. The van der Waals surface area contributed by atoms with Crippen LogP contribution in [0.5, 0.6) is 0 Å². The molecule has 2 aromatic rings. The highest BCUT2D eigenvalue weighted by atomic mass is 35.5. The number of hydrogen-bond acceptors (Lipinski definition) is 1. The molecule has 0 aliphatic carbocycles. The molecule has 1 unspecified atom stereocenters. The number of aryl methyl sites for hydroxylation is 1. The van der Waals surface area contributed by atoms with Gasteiger partial charge in [0.25, 0.3) is 5.91 Å². The number of halogens is 1. The predicted molar refractivity (Wildman–Crippen MR) is 87.7 cm³/mol. The molecule has 0 spiro atoms. The van der Waals surface area contributed by atoms with Crippen molar-refractivity contribution in [1.82, 2.24) is 5.32 Å². The molecule has 0 saturated carbocycles. The molecule has 0 radical (unpaired) electrons. The van der Waals surface area contributed by atoms with Crippen molar-refractivity contribution in [1.29, 1.82) is 0 Å². The maximum atomic E-state index is 12.4. The highest BCUT2D eigenvalue weighted by Gasteiger charge is 2.14. The SMILES string of the molecule is CCC(NC(=O)c1cccc(CCl)c1)c1ccc(C)cc1. The molecule has 0 aliphatic heterocycles. The van der Waals surface area contributed by atoms with E-state index in [0.717, 1.165) is 17.5 Å². The second kappa shape index (κ2) is 7.28. The monoisotopic (exact) mass is 301 g/mol. The Morgan fingerprint density at radius 3 is 2.52 bits per heavy atom. The molecular formula is C18H20ClNO. The zero-order chi connectivity index (χ0) is 15.2. The molecule has 21 heavy (non-hydrogen) atoms. The van der Waals surface area contributed by atoms with Gasteiger partial charge in [-0.25, -0.2) is 0 Å². The van der Waals surface area contributed by atoms with Crippen molar-refractivity contribution in [3.63, 3.8) is 0 Å². The Balaban J connectivity index is 2.14. The normalized spacial score (nSPS) is 12.0. The summed E-state index contributed by atoms with van der Waals surface area (Å²) >= 11 is 5.82. The lowest BCUT2D eigenvalue weighted by molar-refractivity contribution is 0.0935. The maximum Gasteiger partial charge on any atom is 0.251 e. The second-order valence-electron chi connectivity index (χ2n) is 5.18. The number of carbonyl (C=O) groups excluding carboxylic acids is 1. The highest BCUT2D eigenvalue weighted by Crippen LogP contribution is 2.18. The van der Waals surface area contributed by atoms with Crippen LogP contribution < -0.4 is 5.32 Å². The van der Waals surface area contributed by atoms with Crippen molar-refractivity contribution in [2.45, 2.75) is 32.2 Å². The number of nitrogens with one attached hydrogen (secondary N) is 1. The van der Waals surface area contributed by atoms with Gasteiger partial charge in [-0.05, 0) is 36.6 Å². The van der Waals surface area contributed by atoms with E-state index in [9.17, 15) is 4.79 Å². The van der Waals surface area contributed by atoms with E-state index in [-0.39, 0.29) is 11.9 Å². The van der Waals surface area contributed by atoms with Gasteiger partial charge in [0.1, 0.15) is 0 Å². The Hall–Kier alpha value is -1.80. The molecule has 110 valence electrons. The summed E-state index contributed by atoms with van der Waals surface area (Å²) in [5.74, 6) is 0.352. The van der Waals surface area contributed by atoms with Gasteiger partial charge >= 0.3 is 0 Å². The standard InChI is InChI=1S/C18H20ClNO/c1-3-17(15-9-7-13(2)8-10-15)20-18(21)16-6-4-5-14(11-16)12-19/h4-11,17H,3,12H2,1-2H3,(H,20,21). The molecule has 2 rings (SSSR count). The zero-order valence-corrected chi connectivity index (χ0v) is 13.2. The van der Waals surface area contributed by atoms with Gasteiger partial charge in [-0.2, -0.15) is 0 Å². The molecule has 0 aliphatic rings. The lowest BCUT2D eigenvalue weighted by Crippen LogP contribution is -2.28.